The predicted molar refractivity (Wildman–Crippen MR) is 103 cm³/mol. The molecule has 1 aromatic carbocycles. The SMILES string of the molecule is NC(=O)c1cccc(C23CCCC(C2)N(CC2(O)CCCCC2)CC3)c1. The minimum atomic E-state index is -0.471. The second kappa shape index (κ2) is 6.97. The van der Waals surface area contributed by atoms with Crippen LogP contribution in [0.25, 0.3) is 0 Å². The molecular weight excluding hydrogens is 324 g/mol. The van der Waals surface area contributed by atoms with Gasteiger partial charge < -0.3 is 10.8 Å². The molecular formula is C22H32N2O2. The third-order valence-corrected chi connectivity index (χ3v) is 7.25. The molecule has 3 N–H and O–H groups in total. The van der Waals surface area contributed by atoms with E-state index in [2.05, 4.69) is 11.0 Å². The Morgan fingerprint density at radius 3 is 2.73 bits per heavy atom. The monoisotopic (exact) mass is 356 g/mol. The number of fused-ring (bicyclic) bond motifs is 2. The molecule has 1 aromatic rings. The highest BCUT2D eigenvalue weighted by atomic mass is 16.3. The standard InChI is InChI=1S/C22H32N2O2/c23-20(25)17-6-4-7-18(14-17)21-9-5-8-19(15-21)24(13-12-21)16-22(26)10-2-1-3-11-22/h4,6-7,14,19,26H,1-3,5,8-13,15-16H2,(H2,23,25). The predicted octanol–water partition coefficient (Wildman–Crippen LogP) is 3.37. The van der Waals surface area contributed by atoms with Gasteiger partial charge in [-0.1, -0.05) is 37.8 Å². The Hall–Kier alpha value is -1.39. The second-order valence-electron chi connectivity index (χ2n) is 8.98. The van der Waals surface area contributed by atoms with Crippen molar-refractivity contribution < 1.29 is 9.90 Å². The summed E-state index contributed by atoms with van der Waals surface area (Å²) in [5.41, 5.74) is 7.12. The fraction of sp³-hybridized carbons (Fsp3) is 0.682. The van der Waals surface area contributed by atoms with Crippen molar-refractivity contribution >= 4 is 5.91 Å². The van der Waals surface area contributed by atoms with Crippen molar-refractivity contribution in [3.05, 3.63) is 35.4 Å². The third kappa shape index (κ3) is 3.41. The van der Waals surface area contributed by atoms with Crippen LogP contribution in [0.3, 0.4) is 0 Å². The van der Waals surface area contributed by atoms with Crippen molar-refractivity contribution in [2.45, 2.75) is 81.3 Å². The highest BCUT2D eigenvalue weighted by molar-refractivity contribution is 5.92. The summed E-state index contributed by atoms with van der Waals surface area (Å²) >= 11 is 0. The molecule has 1 aliphatic heterocycles. The van der Waals surface area contributed by atoms with E-state index in [4.69, 9.17) is 5.73 Å². The van der Waals surface area contributed by atoms with Gasteiger partial charge in [0.1, 0.15) is 0 Å². The van der Waals surface area contributed by atoms with Gasteiger partial charge in [-0.15, -0.1) is 0 Å². The number of β-amino-alcohol motifs (C(OH)–C–C–N with tert-alkyl or cyclic N) is 1. The van der Waals surface area contributed by atoms with Gasteiger partial charge in [0.25, 0.3) is 0 Å². The zero-order valence-electron chi connectivity index (χ0n) is 15.8. The van der Waals surface area contributed by atoms with E-state index in [1.165, 1.54) is 44.1 Å². The molecule has 2 saturated carbocycles. The Kier molecular flexibility index (Phi) is 4.83. The summed E-state index contributed by atoms with van der Waals surface area (Å²) in [4.78, 5) is 14.2. The summed E-state index contributed by atoms with van der Waals surface area (Å²) < 4.78 is 0. The fourth-order valence-electron chi connectivity index (χ4n) is 5.77. The summed E-state index contributed by atoms with van der Waals surface area (Å²) in [6.45, 7) is 1.89. The van der Waals surface area contributed by atoms with Crippen LogP contribution in [-0.2, 0) is 5.41 Å². The van der Waals surface area contributed by atoms with Crippen molar-refractivity contribution in [2.24, 2.45) is 5.73 Å². The normalized spacial score (nSPS) is 31.5. The Balaban J connectivity index is 1.51. The van der Waals surface area contributed by atoms with Crippen LogP contribution in [0.1, 0.15) is 80.1 Å². The molecule has 2 atom stereocenters. The van der Waals surface area contributed by atoms with Crippen molar-refractivity contribution in [3.63, 3.8) is 0 Å². The molecule has 3 aliphatic rings. The van der Waals surface area contributed by atoms with Gasteiger partial charge in [-0.2, -0.15) is 0 Å². The van der Waals surface area contributed by atoms with Gasteiger partial charge in [-0.25, -0.2) is 0 Å². The molecule has 1 saturated heterocycles. The van der Waals surface area contributed by atoms with E-state index in [0.717, 1.165) is 38.8 Å². The third-order valence-electron chi connectivity index (χ3n) is 7.25. The smallest absolute Gasteiger partial charge is 0.248 e. The molecule has 0 spiro atoms. The largest absolute Gasteiger partial charge is 0.389 e. The summed E-state index contributed by atoms with van der Waals surface area (Å²) in [6.07, 6.45) is 11.4. The van der Waals surface area contributed by atoms with E-state index in [0.29, 0.717) is 11.6 Å². The van der Waals surface area contributed by atoms with E-state index in [9.17, 15) is 9.90 Å². The number of likely N-dealkylation sites (tertiary alicyclic amines) is 1. The Labute approximate surface area is 156 Å². The maximum atomic E-state index is 11.6. The number of piperidine rings is 1. The zero-order valence-corrected chi connectivity index (χ0v) is 15.8. The zero-order chi connectivity index (χ0) is 18.2. The van der Waals surface area contributed by atoms with Gasteiger partial charge in [-0.3, -0.25) is 9.69 Å². The van der Waals surface area contributed by atoms with Gasteiger partial charge in [0.2, 0.25) is 5.91 Å². The topological polar surface area (TPSA) is 66.6 Å². The van der Waals surface area contributed by atoms with E-state index in [-0.39, 0.29) is 11.3 Å². The van der Waals surface area contributed by atoms with E-state index >= 15 is 0 Å². The lowest BCUT2D eigenvalue weighted by molar-refractivity contribution is -0.0575. The first-order valence-corrected chi connectivity index (χ1v) is 10.4. The van der Waals surface area contributed by atoms with Crippen LogP contribution in [0.15, 0.2) is 24.3 Å². The molecule has 1 heterocycles. The first-order chi connectivity index (χ1) is 12.5. The number of amides is 1. The van der Waals surface area contributed by atoms with E-state index in [1.807, 2.05) is 18.2 Å². The molecule has 3 fully saturated rings. The maximum absolute atomic E-state index is 11.6. The Bertz CT molecular complexity index is 668. The summed E-state index contributed by atoms with van der Waals surface area (Å²) in [6, 6.07) is 8.55. The molecule has 4 nitrogen and oxygen atoms in total. The van der Waals surface area contributed by atoms with Gasteiger partial charge >= 0.3 is 0 Å². The van der Waals surface area contributed by atoms with E-state index in [1.54, 1.807) is 0 Å². The number of aliphatic hydroxyl groups is 1. The van der Waals surface area contributed by atoms with Crippen LogP contribution in [0.2, 0.25) is 0 Å². The van der Waals surface area contributed by atoms with Crippen LogP contribution in [-0.4, -0.2) is 40.6 Å². The Morgan fingerprint density at radius 1 is 1.15 bits per heavy atom. The number of carbonyl (C=O) groups excluding carboxylic acids is 1. The van der Waals surface area contributed by atoms with Crippen molar-refractivity contribution in [3.8, 4) is 0 Å². The number of nitrogens with two attached hydrogens (primary N) is 1. The van der Waals surface area contributed by atoms with Crippen LogP contribution < -0.4 is 5.73 Å². The van der Waals surface area contributed by atoms with Crippen LogP contribution >= 0.6 is 0 Å². The number of carbonyl (C=O) groups is 1. The fourth-order valence-corrected chi connectivity index (χ4v) is 5.77. The summed E-state index contributed by atoms with van der Waals surface area (Å²) in [7, 11) is 0. The molecule has 1 amide bonds. The van der Waals surface area contributed by atoms with Crippen LogP contribution in [0.5, 0.6) is 0 Å². The average Bonchev–Trinajstić information content (AvgIpc) is 2.65. The number of nitrogens with zero attached hydrogens (tertiary/aromatic N) is 1. The highest BCUT2D eigenvalue weighted by Gasteiger charge is 2.45. The summed E-state index contributed by atoms with van der Waals surface area (Å²) in [5, 5.41) is 11.0. The molecule has 2 aliphatic carbocycles. The lowest BCUT2D eigenvalue weighted by atomic mass is 9.63. The van der Waals surface area contributed by atoms with Crippen LogP contribution in [0.4, 0.5) is 0 Å². The Morgan fingerprint density at radius 2 is 1.96 bits per heavy atom. The second-order valence-corrected chi connectivity index (χ2v) is 8.98. The number of hydrogen-bond acceptors (Lipinski definition) is 3. The molecule has 4 rings (SSSR count). The van der Waals surface area contributed by atoms with Crippen molar-refractivity contribution in [1.29, 1.82) is 0 Å². The quantitative estimate of drug-likeness (QED) is 0.869. The lowest BCUT2D eigenvalue weighted by Crippen LogP contribution is -2.56. The minimum absolute atomic E-state index is 0.181. The first kappa shape index (κ1) is 18.0. The van der Waals surface area contributed by atoms with Gasteiger partial charge in [0.15, 0.2) is 0 Å². The molecule has 0 radical (unpaired) electrons. The summed E-state index contributed by atoms with van der Waals surface area (Å²) in [5.74, 6) is -0.340. The van der Waals surface area contributed by atoms with Gasteiger partial charge in [-0.05, 0) is 68.2 Å². The number of primary amides is 1. The first-order valence-electron chi connectivity index (χ1n) is 10.4. The molecule has 2 bridgehead atoms. The number of hydrogen-bond donors (Lipinski definition) is 2. The van der Waals surface area contributed by atoms with E-state index < -0.39 is 5.60 Å². The number of rotatable bonds is 4. The van der Waals surface area contributed by atoms with Crippen molar-refractivity contribution in [2.75, 3.05) is 13.1 Å². The van der Waals surface area contributed by atoms with Crippen LogP contribution in [0, 0.1) is 0 Å². The lowest BCUT2D eigenvalue weighted by Gasteiger charge is -2.52. The maximum Gasteiger partial charge on any atom is 0.248 e. The molecule has 4 heteroatoms. The number of benzene rings is 1. The van der Waals surface area contributed by atoms with Crippen molar-refractivity contribution in [1.82, 2.24) is 4.90 Å². The molecule has 142 valence electrons. The molecule has 2 unspecified atom stereocenters. The molecule has 0 aromatic heterocycles. The minimum Gasteiger partial charge on any atom is -0.389 e. The molecule has 26 heavy (non-hydrogen) atoms. The van der Waals surface area contributed by atoms with Gasteiger partial charge in [0.05, 0.1) is 5.60 Å². The average molecular weight is 357 g/mol. The van der Waals surface area contributed by atoms with Gasteiger partial charge in [0, 0.05) is 18.2 Å². The highest BCUT2D eigenvalue weighted by Crippen LogP contribution is 2.47.